The van der Waals surface area contributed by atoms with Gasteiger partial charge in [-0.25, -0.2) is 19.3 Å². The van der Waals surface area contributed by atoms with Crippen molar-refractivity contribution in [2.45, 2.75) is 6.92 Å². The van der Waals surface area contributed by atoms with E-state index in [1.54, 1.807) is 0 Å². The number of halogens is 2. The molecule has 4 aromatic rings. The number of benzene rings is 2. The lowest BCUT2D eigenvalue weighted by Crippen LogP contribution is -2.11. The second-order valence-corrected chi connectivity index (χ2v) is 9.89. The fraction of sp³-hybridized carbons (Fsp3) is 0.250. The van der Waals surface area contributed by atoms with Crippen molar-refractivity contribution in [1.29, 1.82) is 0 Å². The van der Waals surface area contributed by atoms with Crippen LogP contribution < -0.4 is 9.47 Å². The number of hydrogen-bond donors (Lipinski definition) is 0. The molecule has 0 radical (unpaired) electrons. The summed E-state index contributed by atoms with van der Waals surface area (Å²) in [5.41, 5.74) is 3.24. The van der Waals surface area contributed by atoms with Crippen LogP contribution in [0.1, 0.15) is 5.56 Å². The van der Waals surface area contributed by atoms with Crippen LogP contribution in [0.15, 0.2) is 24.4 Å². The third-order valence-corrected chi connectivity index (χ3v) is 6.35. The Labute approximate surface area is 192 Å². The number of fused-ring (bicyclic) bond motifs is 2. The molecule has 32 heavy (non-hydrogen) atoms. The van der Waals surface area contributed by atoms with Gasteiger partial charge in [0, 0.05) is 11.6 Å². The molecule has 0 N–H and O–H groups in total. The maximum Gasteiger partial charge on any atom is 0.264 e. The lowest BCUT2D eigenvalue weighted by molar-refractivity contribution is 0.217. The molecule has 0 fully saturated rings. The number of methoxy groups -OCH3 is 1. The summed E-state index contributed by atoms with van der Waals surface area (Å²) in [6, 6.07) is 5.29. The van der Waals surface area contributed by atoms with Crippen molar-refractivity contribution in [2.24, 2.45) is 0 Å². The van der Waals surface area contributed by atoms with Crippen LogP contribution >= 0.6 is 22.9 Å². The first-order valence-electron chi connectivity index (χ1n) is 9.24. The fourth-order valence-electron chi connectivity index (χ4n) is 3.05. The van der Waals surface area contributed by atoms with Crippen molar-refractivity contribution < 1.29 is 26.5 Å². The van der Waals surface area contributed by atoms with Crippen LogP contribution in [-0.4, -0.2) is 49.9 Å². The molecule has 4 rings (SSSR count). The van der Waals surface area contributed by atoms with E-state index in [4.69, 9.17) is 21.1 Å². The van der Waals surface area contributed by atoms with Gasteiger partial charge < -0.3 is 9.47 Å². The molecule has 0 saturated carbocycles. The van der Waals surface area contributed by atoms with Gasteiger partial charge in [-0.15, -0.1) is 11.3 Å². The van der Waals surface area contributed by atoms with Crippen molar-refractivity contribution in [3.05, 3.63) is 40.8 Å². The molecular formula is C20H17ClFN3O5S2. The van der Waals surface area contributed by atoms with E-state index in [-0.39, 0.29) is 24.0 Å². The van der Waals surface area contributed by atoms with Gasteiger partial charge in [-0.05, 0) is 24.6 Å². The Morgan fingerprint density at radius 2 is 1.94 bits per heavy atom. The molecule has 0 unspecified atom stereocenters. The molecule has 2 aromatic heterocycles. The quantitative estimate of drug-likeness (QED) is 0.274. The number of hydrogen-bond acceptors (Lipinski definition) is 9. The molecule has 0 spiro atoms. The van der Waals surface area contributed by atoms with Crippen LogP contribution in [0.2, 0.25) is 5.02 Å². The Kier molecular flexibility index (Phi) is 6.17. The van der Waals surface area contributed by atoms with Crippen molar-refractivity contribution >= 4 is 54.3 Å². The average Bonchev–Trinajstić information content (AvgIpc) is 3.16. The van der Waals surface area contributed by atoms with E-state index in [0.717, 1.165) is 17.4 Å². The summed E-state index contributed by atoms with van der Waals surface area (Å²) < 4.78 is 52.5. The van der Waals surface area contributed by atoms with Gasteiger partial charge in [-0.2, -0.15) is 8.42 Å². The van der Waals surface area contributed by atoms with Gasteiger partial charge >= 0.3 is 0 Å². The molecule has 0 amide bonds. The summed E-state index contributed by atoms with van der Waals surface area (Å²) in [4.78, 5) is 13.4. The van der Waals surface area contributed by atoms with Crippen molar-refractivity contribution in [2.75, 3.05) is 26.6 Å². The number of ether oxygens (including phenoxy) is 2. The zero-order chi connectivity index (χ0) is 23.0. The molecule has 168 valence electrons. The first kappa shape index (κ1) is 22.6. The number of aromatic nitrogens is 3. The highest BCUT2D eigenvalue weighted by Crippen LogP contribution is 2.40. The summed E-state index contributed by atoms with van der Waals surface area (Å²) in [6.07, 6.45) is 2.44. The first-order valence-corrected chi connectivity index (χ1v) is 12.2. The van der Waals surface area contributed by atoms with Crippen molar-refractivity contribution in [3.63, 3.8) is 0 Å². The van der Waals surface area contributed by atoms with E-state index in [0.29, 0.717) is 32.1 Å². The lowest BCUT2D eigenvalue weighted by Gasteiger charge is -2.08. The van der Waals surface area contributed by atoms with Gasteiger partial charge in [0.05, 0.1) is 35.3 Å². The second kappa shape index (κ2) is 8.74. The molecule has 0 saturated heterocycles. The monoisotopic (exact) mass is 497 g/mol. The third kappa shape index (κ3) is 4.60. The first-order chi connectivity index (χ1) is 15.2. The number of nitrogens with zero attached hydrogens (tertiary/aromatic N) is 3. The van der Waals surface area contributed by atoms with Crippen LogP contribution in [0.5, 0.6) is 11.6 Å². The molecule has 12 heteroatoms. The minimum absolute atomic E-state index is 0.117. The molecule has 0 aliphatic heterocycles. The molecule has 8 nitrogen and oxygen atoms in total. The zero-order valence-electron chi connectivity index (χ0n) is 17.2. The van der Waals surface area contributed by atoms with Gasteiger partial charge in [0.25, 0.3) is 10.1 Å². The molecule has 2 aromatic carbocycles. The fourth-order valence-corrected chi connectivity index (χ4v) is 4.73. The Morgan fingerprint density at radius 3 is 2.66 bits per heavy atom. The number of rotatable bonds is 7. The van der Waals surface area contributed by atoms with Gasteiger partial charge in [0.15, 0.2) is 11.6 Å². The molecule has 0 atom stereocenters. The van der Waals surface area contributed by atoms with Crippen LogP contribution in [0.3, 0.4) is 0 Å². The SMILES string of the molecule is COc1cnc2c(-c3nc4c(Cl)c(F)c(OCCOS(C)(=O)=O)cc4s3)cc(C)cc2n1. The van der Waals surface area contributed by atoms with Crippen LogP contribution in [0.25, 0.3) is 31.8 Å². The third-order valence-electron chi connectivity index (χ3n) is 4.38. The van der Waals surface area contributed by atoms with Crippen LogP contribution in [0, 0.1) is 12.7 Å². The van der Waals surface area contributed by atoms with Crippen LogP contribution in [-0.2, 0) is 14.3 Å². The lowest BCUT2D eigenvalue weighted by atomic mass is 10.1. The number of thiazole rings is 1. The molecule has 2 heterocycles. The zero-order valence-corrected chi connectivity index (χ0v) is 19.6. The van der Waals surface area contributed by atoms with E-state index in [1.165, 1.54) is 30.7 Å². The molecule has 0 bridgehead atoms. The molecular weight excluding hydrogens is 481 g/mol. The van der Waals surface area contributed by atoms with E-state index >= 15 is 0 Å². The van der Waals surface area contributed by atoms with E-state index < -0.39 is 15.9 Å². The summed E-state index contributed by atoms with van der Waals surface area (Å²) in [6.45, 7) is 1.51. The van der Waals surface area contributed by atoms with Crippen LogP contribution in [0.4, 0.5) is 4.39 Å². The average molecular weight is 498 g/mol. The highest BCUT2D eigenvalue weighted by molar-refractivity contribution is 7.85. The summed E-state index contributed by atoms with van der Waals surface area (Å²) >= 11 is 7.52. The Bertz CT molecular complexity index is 1440. The minimum atomic E-state index is -3.61. The standard InChI is InChI=1S/C20H17ClFN3O5S2/c1-10-6-11(18-12(7-10)24-15(28-2)9-23-18)20-25-19-14(31-20)8-13(17(22)16(19)21)29-4-5-30-32(3,26)27/h6-9H,4-5H2,1-3H3. The predicted octanol–water partition coefficient (Wildman–Crippen LogP) is 4.37. The van der Waals surface area contributed by atoms with Gasteiger partial charge in [-0.1, -0.05) is 11.6 Å². The number of aryl methyl sites for hydroxylation is 1. The van der Waals surface area contributed by atoms with Crippen molar-refractivity contribution in [1.82, 2.24) is 15.0 Å². The summed E-state index contributed by atoms with van der Waals surface area (Å²) in [7, 11) is -2.09. The molecule has 0 aliphatic carbocycles. The Hall–Kier alpha value is -2.60. The largest absolute Gasteiger partial charge is 0.488 e. The summed E-state index contributed by atoms with van der Waals surface area (Å²) in [5.74, 6) is -0.507. The highest BCUT2D eigenvalue weighted by atomic mass is 35.5. The van der Waals surface area contributed by atoms with Gasteiger partial charge in [0.1, 0.15) is 28.8 Å². The van der Waals surface area contributed by atoms with Gasteiger partial charge in [0.2, 0.25) is 5.88 Å². The topological polar surface area (TPSA) is 101 Å². The smallest absolute Gasteiger partial charge is 0.264 e. The van der Waals surface area contributed by atoms with E-state index in [1.807, 2.05) is 19.1 Å². The second-order valence-electron chi connectivity index (χ2n) is 6.84. The summed E-state index contributed by atoms with van der Waals surface area (Å²) in [5, 5.41) is 0.403. The maximum atomic E-state index is 14.7. The van der Waals surface area contributed by atoms with Crippen molar-refractivity contribution in [3.8, 4) is 22.2 Å². The normalized spacial score (nSPS) is 11.9. The molecule has 0 aliphatic rings. The minimum Gasteiger partial charge on any atom is -0.488 e. The van der Waals surface area contributed by atoms with E-state index in [9.17, 15) is 12.8 Å². The highest BCUT2D eigenvalue weighted by Gasteiger charge is 2.20. The van der Waals surface area contributed by atoms with E-state index in [2.05, 4.69) is 19.1 Å². The predicted molar refractivity (Wildman–Crippen MR) is 121 cm³/mol. The Balaban J connectivity index is 1.73. The van der Waals surface area contributed by atoms with Gasteiger partial charge in [-0.3, -0.25) is 4.18 Å². The maximum absolute atomic E-state index is 14.7. The Morgan fingerprint density at radius 1 is 1.16 bits per heavy atom.